The van der Waals surface area contributed by atoms with Crippen LogP contribution in [0.5, 0.6) is 0 Å². The molecule has 5 nitrogen and oxygen atoms in total. The highest BCUT2D eigenvalue weighted by atomic mass is 16.7. The molecule has 1 aromatic carbocycles. The van der Waals surface area contributed by atoms with Gasteiger partial charge in [-0.1, -0.05) is 0 Å². The third-order valence-corrected chi connectivity index (χ3v) is 2.53. The Morgan fingerprint density at radius 2 is 1.75 bits per heavy atom. The molecular weight excluding hydrogens is 208 g/mol. The summed E-state index contributed by atoms with van der Waals surface area (Å²) in [6.45, 7) is 0. The smallest absolute Gasteiger partial charge is 0.285 e. The van der Waals surface area contributed by atoms with Gasteiger partial charge in [0.1, 0.15) is 0 Å². The largest absolute Gasteiger partial charge is 0.378 e. The molecule has 84 valence electrons. The van der Waals surface area contributed by atoms with Gasteiger partial charge in [0.05, 0.1) is 18.2 Å². The van der Waals surface area contributed by atoms with Crippen LogP contribution in [0.25, 0.3) is 0 Å². The van der Waals surface area contributed by atoms with Crippen molar-refractivity contribution in [3.8, 4) is 0 Å². The first-order valence-electron chi connectivity index (χ1n) is 4.80. The second-order valence-electron chi connectivity index (χ2n) is 3.71. The number of anilines is 1. The van der Waals surface area contributed by atoms with Crippen LogP contribution in [0.2, 0.25) is 0 Å². The third-order valence-electron chi connectivity index (χ3n) is 2.53. The second-order valence-corrected chi connectivity index (χ2v) is 3.71. The monoisotopic (exact) mass is 220 g/mol. The lowest BCUT2D eigenvalue weighted by Gasteiger charge is -2.12. The van der Waals surface area contributed by atoms with E-state index in [1.807, 2.05) is 19.0 Å². The van der Waals surface area contributed by atoms with Crippen molar-refractivity contribution >= 4 is 17.5 Å². The van der Waals surface area contributed by atoms with Crippen LogP contribution in [0.15, 0.2) is 18.2 Å². The molecule has 0 saturated carbocycles. The van der Waals surface area contributed by atoms with Crippen LogP contribution >= 0.6 is 0 Å². The van der Waals surface area contributed by atoms with E-state index in [1.54, 1.807) is 18.2 Å². The number of hydrogen-bond donors (Lipinski definition) is 0. The van der Waals surface area contributed by atoms with Crippen LogP contribution in [0.3, 0.4) is 0 Å². The van der Waals surface area contributed by atoms with Crippen molar-refractivity contribution in [3.05, 3.63) is 29.3 Å². The minimum Gasteiger partial charge on any atom is -0.378 e. The summed E-state index contributed by atoms with van der Waals surface area (Å²) in [7, 11) is 5.04. The summed E-state index contributed by atoms with van der Waals surface area (Å²) in [6, 6.07) is 5.13. The normalized spacial score (nSPS) is 14.3. The Morgan fingerprint density at radius 3 is 2.31 bits per heavy atom. The standard InChI is InChI=1S/C11H12N2O3/c1-12(2)7-4-5-8-9(6-7)11(15)13(16-3)10(8)14/h4-6H,1-3H3. The van der Waals surface area contributed by atoms with Crippen molar-refractivity contribution in [1.29, 1.82) is 0 Å². The summed E-state index contributed by atoms with van der Waals surface area (Å²) < 4.78 is 0. The lowest BCUT2D eigenvalue weighted by molar-refractivity contribution is -0.0645. The van der Waals surface area contributed by atoms with Crippen LogP contribution in [-0.2, 0) is 4.84 Å². The van der Waals surface area contributed by atoms with Crippen molar-refractivity contribution in [1.82, 2.24) is 5.06 Å². The summed E-state index contributed by atoms with van der Waals surface area (Å²) in [5.74, 6) is -0.820. The molecule has 0 aromatic heterocycles. The fraction of sp³-hybridized carbons (Fsp3) is 0.273. The predicted octanol–water partition coefficient (Wildman–Crippen LogP) is 0.910. The zero-order chi connectivity index (χ0) is 11.9. The van der Waals surface area contributed by atoms with Crippen LogP contribution in [0.4, 0.5) is 5.69 Å². The maximum absolute atomic E-state index is 11.8. The number of imide groups is 1. The zero-order valence-corrected chi connectivity index (χ0v) is 9.35. The Morgan fingerprint density at radius 1 is 1.12 bits per heavy atom. The SMILES string of the molecule is CON1C(=O)c2ccc(N(C)C)cc2C1=O. The molecule has 2 amide bonds. The van der Waals surface area contributed by atoms with Crippen LogP contribution in [0, 0.1) is 0 Å². The lowest BCUT2D eigenvalue weighted by atomic mass is 10.1. The molecule has 0 aliphatic carbocycles. The maximum atomic E-state index is 11.8. The topological polar surface area (TPSA) is 49.9 Å². The van der Waals surface area contributed by atoms with Crippen molar-refractivity contribution in [2.45, 2.75) is 0 Å². The quantitative estimate of drug-likeness (QED) is 0.695. The van der Waals surface area contributed by atoms with Crippen molar-refractivity contribution in [2.24, 2.45) is 0 Å². The number of benzene rings is 1. The first kappa shape index (κ1) is 10.6. The number of nitrogens with zero attached hydrogens (tertiary/aromatic N) is 2. The predicted molar refractivity (Wildman–Crippen MR) is 58.3 cm³/mol. The molecule has 0 spiro atoms. The molecular formula is C11H12N2O3. The summed E-state index contributed by atoms with van der Waals surface area (Å²) in [4.78, 5) is 30.1. The molecule has 0 N–H and O–H groups in total. The number of hydrogen-bond acceptors (Lipinski definition) is 4. The van der Waals surface area contributed by atoms with Gasteiger partial charge >= 0.3 is 0 Å². The molecule has 0 saturated heterocycles. The molecule has 0 atom stereocenters. The van der Waals surface area contributed by atoms with Crippen LogP contribution < -0.4 is 4.90 Å². The minimum absolute atomic E-state index is 0.387. The van der Waals surface area contributed by atoms with Gasteiger partial charge in [0, 0.05) is 19.8 Å². The van der Waals surface area contributed by atoms with Crippen LogP contribution in [-0.4, -0.2) is 38.1 Å². The Labute approximate surface area is 93.2 Å². The third kappa shape index (κ3) is 1.37. The molecule has 1 aromatic rings. The van der Waals surface area contributed by atoms with Gasteiger partial charge in [-0.05, 0) is 18.2 Å². The minimum atomic E-state index is -0.411. The lowest BCUT2D eigenvalue weighted by Crippen LogP contribution is -2.28. The fourth-order valence-electron chi connectivity index (χ4n) is 1.65. The summed E-state index contributed by atoms with van der Waals surface area (Å²) in [5.41, 5.74) is 1.65. The number of rotatable bonds is 2. The number of fused-ring (bicyclic) bond motifs is 1. The van der Waals surface area contributed by atoms with Crippen molar-refractivity contribution < 1.29 is 14.4 Å². The molecule has 1 heterocycles. The zero-order valence-electron chi connectivity index (χ0n) is 9.35. The first-order valence-corrected chi connectivity index (χ1v) is 4.80. The van der Waals surface area contributed by atoms with E-state index in [0.29, 0.717) is 11.1 Å². The first-order chi connectivity index (χ1) is 7.56. The van der Waals surface area contributed by atoms with Gasteiger partial charge in [-0.15, -0.1) is 5.06 Å². The highest BCUT2D eigenvalue weighted by Gasteiger charge is 2.36. The Hall–Kier alpha value is -1.88. The van der Waals surface area contributed by atoms with E-state index in [4.69, 9.17) is 4.84 Å². The van der Waals surface area contributed by atoms with Crippen molar-refractivity contribution in [3.63, 3.8) is 0 Å². The average molecular weight is 220 g/mol. The molecule has 1 aliphatic rings. The average Bonchev–Trinajstić information content (AvgIpc) is 2.51. The van der Waals surface area contributed by atoms with E-state index in [2.05, 4.69) is 0 Å². The van der Waals surface area contributed by atoms with Gasteiger partial charge in [0.2, 0.25) is 0 Å². The van der Waals surface area contributed by atoms with Gasteiger partial charge in [-0.3, -0.25) is 14.4 Å². The van der Waals surface area contributed by atoms with Crippen molar-refractivity contribution in [2.75, 3.05) is 26.1 Å². The van der Waals surface area contributed by atoms with Crippen LogP contribution in [0.1, 0.15) is 20.7 Å². The van der Waals surface area contributed by atoms with E-state index in [9.17, 15) is 9.59 Å². The summed E-state index contributed by atoms with van der Waals surface area (Å²) in [5, 5.41) is 0.768. The number of amides is 2. The Kier molecular flexibility index (Phi) is 2.40. The summed E-state index contributed by atoms with van der Waals surface area (Å²) in [6.07, 6.45) is 0. The molecule has 16 heavy (non-hydrogen) atoms. The highest BCUT2D eigenvalue weighted by molar-refractivity contribution is 6.20. The van der Waals surface area contributed by atoms with Gasteiger partial charge in [0.25, 0.3) is 11.8 Å². The van der Waals surface area contributed by atoms with E-state index in [-0.39, 0.29) is 0 Å². The molecule has 0 fully saturated rings. The van der Waals surface area contributed by atoms with E-state index in [1.165, 1.54) is 7.11 Å². The second kappa shape index (κ2) is 3.61. The number of carbonyl (C=O) groups is 2. The van der Waals surface area contributed by atoms with Gasteiger partial charge in [0.15, 0.2) is 0 Å². The number of carbonyl (C=O) groups excluding carboxylic acids is 2. The number of hydroxylamine groups is 2. The Bertz CT molecular complexity index is 468. The Balaban J connectivity index is 2.52. The van der Waals surface area contributed by atoms with Gasteiger partial charge in [-0.25, -0.2) is 0 Å². The highest BCUT2D eigenvalue weighted by Crippen LogP contribution is 2.26. The molecule has 0 unspecified atom stereocenters. The van der Waals surface area contributed by atoms with Gasteiger partial charge < -0.3 is 4.90 Å². The molecule has 0 radical (unpaired) electrons. The summed E-state index contributed by atoms with van der Waals surface area (Å²) >= 11 is 0. The molecule has 1 aliphatic heterocycles. The fourth-order valence-corrected chi connectivity index (χ4v) is 1.65. The van der Waals surface area contributed by atoms with E-state index in [0.717, 1.165) is 10.8 Å². The molecule has 2 rings (SSSR count). The molecule has 0 bridgehead atoms. The van der Waals surface area contributed by atoms with E-state index < -0.39 is 11.8 Å². The van der Waals surface area contributed by atoms with Gasteiger partial charge in [-0.2, -0.15) is 0 Å². The maximum Gasteiger partial charge on any atom is 0.285 e. The molecule has 5 heteroatoms. The van der Waals surface area contributed by atoms with E-state index >= 15 is 0 Å².